The smallest absolute Gasteiger partial charge is 0.177 e. The molecule has 0 bridgehead atoms. The van der Waals surface area contributed by atoms with E-state index in [0.717, 1.165) is 11.0 Å². The largest absolute Gasteiger partial charge is 0.378 e. The molecule has 2 N–H and O–H groups in total. The summed E-state index contributed by atoms with van der Waals surface area (Å²) in [5.74, 6) is 0. The summed E-state index contributed by atoms with van der Waals surface area (Å²) in [7, 11) is 0. The van der Waals surface area contributed by atoms with Crippen LogP contribution >= 0.6 is 15.9 Å². The van der Waals surface area contributed by atoms with Gasteiger partial charge < -0.3 is 20.1 Å². The SMILES string of the molecule is N#CCOC1(C2COCCN2)C=CC(Br)=CN1. The monoisotopic (exact) mass is 299 g/mol. The Kier molecular flexibility index (Phi) is 4.18. The van der Waals surface area contributed by atoms with Crippen LogP contribution in [0.2, 0.25) is 0 Å². The first-order valence-electron chi connectivity index (χ1n) is 5.41. The van der Waals surface area contributed by atoms with E-state index in [0.29, 0.717) is 13.2 Å². The quantitative estimate of drug-likeness (QED) is 0.799. The van der Waals surface area contributed by atoms with Crippen LogP contribution in [0.25, 0.3) is 0 Å². The van der Waals surface area contributed by atoms with E-state index in [4.69, 9.17) is 14.7 Å². The minimum absolute atomic E-state index is 0.0160. The second-order valence-corrected chi connectivity index (χ2v) is 4.74. The third kappa shape index (κ3) is 2.87. The number of morpholine rings is 1. The van der Waals surface area contributed by atoms with E-state index in [9.17, 15) is 0 Å². The lowest BCUT2D eigenvalue weighted by Gasteiger charge is -2.41. The van der Waals surface area contributed by atoms with E-state index in [1.54, 1.807) is 0 Å². The van der Waals surface area contributed by atoms with Crippen LogP contribution < -0.4 is 10.6 Å². The molecule has 6 heteroatoms. The molecule has 0 aromatic heterocycles. The molecule has 2 unspecified atom stereocenters. The fraction of sp³-hybridized carbons (Fsp3) is 0.545. The Morgan fingerprint density at radius 3 is 3.18 bits per heavy atom. The topological polar surface area (TPSA) is 66.3 Å². The second kappa shape index (κ2) is 5.65. The van der Waals surface area contributed by atoms with E-state index >= 15 is 0 Å². The first-order chi connectivity index (χ1) is 8.27. The normalized spacial score (nSPS) is 32.5. The Morgan fingerprint density at radius 1 is 1.71 bits per heavy atom. The van der Waals surface area contributed by atoms with Gasteiger partial charge in [0.05, 0.1) is 25.3 Å². The minimum atomic E-state index is -0.715. The molecule has 0 radical (unpaired) electrons. The van der Waals surface area contributed by atoms with Crippen molar-refractivity contribution in [2.75, 3.05) is 26.4 Å². The number of ether oxygens (including phenoxy) is 2. The molecule has 2 atom stereocenters. The predicted molar refractivity (Wildman–Crippen MR) is 66.2 cm³/mol. The molecule has 0 aromatic rings. The van der Waals surface area contributed by atoms with E-state index in [2.05, 4.69) is 26.6 Å². The van der Waals surface area contributed by atoms with Crippen molar-refractivity contribution in [3.05, 3.63) is 22.8 Å². The zero-order chi connectivity index (χ0) is 12.1. The third-order valence-electron chi connectivity index (χ3n) is 2.74. The highest BCUT2D eigenvalue weighted by atomic mass is 79.9. The molecular weight excluding hydrogens is 286 g/mol. The van der Waals surface area contributed by atoms with Crippen molar-refractivity contribution in [3.63, 3.8) is 0 Å². The average Bonchev–Trinajstić information content (AvgIpc) is 2.40. The summed E-state index contributed by atoms with van der Waals surface area (Å²) in [6, 6.07) is 1.98. The van der Waals surface area contributed by atoms with Gasteiger partial charge in [0, 0.05) is 17.2 Å². The van der Waals surface area contributed by atoms with Crippen LogP contribution in [-0.2, 0) is 9.47 Å². The fourth-order valence-corrected chi connectivity index (χ4v) is 2.13. The van der Waals surface area contributed by atoms with Gasteiger partial charge in [0.25, 0.3) is 0 Å². The van der Waals surface area contributed by atoms with Gasteiger partial charge in [-0.2, -0.15) is 5.26 Å². The fourth-order valence-electron chi connectivity index (χ4n) is 1.88. The van der Waals surface area contributed by atoms with Crippen molar-refractivity contribution >= 4 is 15.9 Å². The number of allylic oxidation sites excluding steroid dienone is 2. The number of nitrogens with zero attached hydrogens (tertiary/aromatic N) is 1. The molecule has 0 aliphatic carbocycles. The van der Waals surface area contributed by atoms with Gasteiger partial charge in [-0.1, -0.05) is 0 Å². The molecule has 5 nitrogen and oxygen atoms in total. The molecule has 2 aliphatic rings. The number of dihydropyridines is 1. The molecule has 17 heavy (non-hydrogen) atoms. The van der Waals surface area contributed by atoms with Crippen LogP contribution in [0.3, 0.4) is 0 Å². The van der Waals surface area contributed by atoms with Gasteiger partial charge in [0.2, 0.25) is 0 Å². The highest BCUT2D eigenvalue weighted by Gasteiger charge is 2.39. The molecule has 0 amide bonds. The van der Waals surface area contributed by atoms with Crippen molar-refractivity contribution < 1.29 is 9.47 Å². The lowest BCUT2D eigenvalue weighted by atomic mass is 10.0. The summed E-state index contributed by atoms with van der Waals surface area (Å²) in [5, 5.41) is 15.2. The molecule has 0 aromatic carbocycles. The molecule has 1 fully saturated rings. The Hall–Kier alpha value is -0.870. The number of hydrogen-bond donors (Lipinski definition) is 2. The van der Waals surface area contributed by atoms with E-state index < -0.39 is 5.72 Å². The van der Waals surface area contributed by atoms with Crippen LogP contribution in [0.5, 0.6) is 0 Å². The standard InChI is InChI=1S/C11H14BrN3O2/c12-9-1-2-11(15-7-9,17-5-3-13)10-8-16-6-4-14-10/h1-2,7,10,14-15H,4-6,8H2. The van der Waals surface area contributed by atoms with Gasteiger partial charge in [-0.3, -0.25) is 0 Å². The van der Waals surface area contributed by atoms with Crippen molar-refractivity contribution in [3.8, 4) is 6.07 Å². The van der Waals surface area contributed by atoms with Gasteiger partial charge in [-0.05, 0) is 28.1 Å². The molecule has 2 aliphatic heterocycles. The predicted octanol–water partition coefficient (Wildman–Crippen LogP) is 0.607. The van der Waals surface area contributed by atoms with Crippen molar-refractivity contribution in [1.29, 1.82) is 5.26 Å². The number of hydrogen-bond acceptors (Lipinski definition) is 5. The van der Waals surface area contributed by atoms with Crippen LogP contribution in [0.15, 0.2) is 22.8 Å². The summed E-state index contributed by atoms with van der Waals surface area (Å²) in [6.45, 7) is 2.06. The molecule has 92 valence electrons. The maximum atomic E-state index is 8.66. The van der Waals surface area contributed by atoms with Crippen LogP contribution in [0.4, 0.5) is 0 Å². The third-order valence-corrected chi connectivity index (χ3v) is 3.23. The van der Waals surface area contributed by atoms with Gasteiger partial charge in [0.15, 0.2) is 5.72 Å². The number of rotatable bonds is 3. The Bertz CT molecular complexity index is 371. The number of halogens is 1. The van der Waals surface area contributed by atoms with Gasteiger partial charge in [-0.25, -0.2) is 0 Å². The van der Waals surface area contributed by atoms with Crippen LogP contribution in [0, 0.1) is 11.3 Å². The Labute approximate surface area is 109 Å². The lowest BCUT2D eigenvalue weighted by molar-refractivity contribution is -0.0729. The molecule has 0 spiro atoms. The molecule has 2 rings (SSSR count). The van der Waals surface area contributed by atoms with E-state index in [1.807, 2.05) is 24.4 Å². The Morgan fingerprint density at radius 2 is 2.59 bits per heavy atom. The van der Waals surface area contributed by atoms with Gasteiger partial charge in [0.1, 0.15) is 6.61 Å². The zero-order valence-electron chi connectivity index (χ0n) is 9.28. The van der Waals surface area contributed by atoms with Gasteiger partial charge >= 0.3 is 0 Å². The zero-order valence-corrected chi connectivity index (χ0v) is 10.9. The summed E-state index contributed by atoms with van der Waals surface area (Å²) >= 11 is 3.37. The van der Waals surface area contributed by atoms with Crippen molar-refractivity contribution in [2.24, 2.45) is 0 Å². The molecule has 0 saturated carbocycles. The maximum Gasteiger partial charge on any atom is 0.177 e. The van der Waals surface area contributed by atoms with Crippen LogP contribution in [-0.4, -0.2) is 38.1 Å². The van der Waals surface area contributed by atoms with Crippen molar-refractivity contribution in [2.45, 2.75) is 11.8 Å². The average molecular weight is 300 g/mol. The minimum Gasteiger partial charge on any atom is -0.378 e. The van der Waals surface area contributed by atoms with E-state index in [1.165, 1.54) is 0 Å². The van der Waals surface area contributed by atoms with Crippen molar-refractivity contribution in [1.82, 2.24) is 10.6 Å². The maximum absolute atomic E-state index is 8.66. The van der Waals surface area contributed by atoms with Gasteiger partial charge in [-0.15, -0.1) is 0 Å². The molecule has 2 heterocycles. The number of nitriles is 1. The second-order valence-electron chi connectivity index (χ2n) is 3.83. The highest BCUT2D eigenvalue weighted by molar-refractivity contribution is 9.11. The Balaban J connectivity index is 2.13. The van der Waals surface area contributed by atoms with Crippen LogP contribution in [0.1, 0.15) is 0 Å². The molecular formula is C11H14BrN3O2. The first kappa shape index (κ1) is 12.6. The number of nitrogens with one attached hydrogen (secondary N) is 2. The first-order valence-corrected chi connectivity index (χ1v) is 6.21. The lowest BCUT2D eigenvalue weighted by Crippen LogP contribution is -2.63. The summed E-state index contributed by atoms with van der Waals surface area (Å²) in [5.41, 5.74) is -0.715. The highest BCUT2D eigenvalue weighted by Crippen LogP contribution is 2.23. The summed E-state index contributed by atoms with van der Waals surface area (Å²) in [4.78, 5) is 0. The van der Waals surface area contributed by atoms with E-state index in [-0.39, 0.29) is 12.6 Å². The molecule has 1 saturated heterocycles. The summed E-state index contributed by atoms with van der Waals surface area (Å²) < 4.78 is 12.0. The summed E-state index contributed by atoms with van der Waals surface area (Å²) in [6.07, 6.45) is 5.62.